The molecule has 26 heavy (non-hydrogen) atoms. The van der Waals surface area contributed by atoms with Crippen LogP contribution in [0.25, 0.3) is 11.3 Å². The second-order valence-corrected chi connectivity index (χ2v) is 7.22. The van der Waals surface area contributed by atoms with Crippen molar-refractivity contribution in [2.45, 2.75) is 19.8 Å². The Morgan fingerprint density at radius 3 is 2.62 bits per heavy atom. The number of anilines is 1. The van der Waals surface area contributed by atoms with E-state index in [-0.39, 0.29) is 5.91 Å². The number of benzene rings is 2. The van der Waals surface area contributed by atoms with Gasteiger partial charge in [-0.3, -0.25) is 10.1 Å². The van der Waals surface area contributed by atoms with Gasteiger partial charge in [-0.25, -0.2) is 4.98 Å². The molecule has 6 heteroatoms. The van der Waals surface area contributed by atoms with E-state index in [0.29, 0.717) is 21.5 Å². The quantitative estimate of drug-likeness (QED) is 0.593. The van der Waals surface area contributed by atoms with Gasteiger partial charge in [0.05, 0.1) is 18.4 Å². The van der Waals surface area contributed by atoms with Gasteiger partial charge in [-0.2, -0.15) is 0 Å². The number of rotatable bonds is 6. The van der Waals surface area contributed by atoms with Crippen LogP contribution < -0.4 is 10.1 Å². The highest BCUT2D eigenvalue weighted by atomic mass is 35.5. The predicted octanol–water partition coefficient (Wildman–Crippen LogP) is 5.68. The van der Waals surface area contributed by atoms with Gasteiger partial charge >= 0.3 is 0 Å². The number of thiazole rings is 1. The number of hydrogen-bond donors (Lipinski definition) is 1. The van der Waals surface area contributed by atoms with E-state index >= 15 is 0 Å². The molecule has 0 bridgehead atoms. The molecule has 0 atom stereocenters. The van der Waals surface area contributed by atoms with Crippen LogP contribution in [-0.4, -0.2) is 18.0 Å². The largest absolute Gasteiger partial charge is 0.496 e. The lowest BCUT2D eigenvalue weighted by Crippen LogP contribution is -2.12. The van der Waals surface area contributed by atoms with Crippen LogP contribution in [0, 0.1) is 0 Å². The summed E-state index contributed by atoms with van der Waals surface area (Å²) in [5.74, 6) is 0.301. The van der Waals surface area contributed by atoms with Crippen LogP contribution in [-0.2, 0) is 6.42 Å². The van der Waals surface area contributed by atoms with E-state index in [2.05, 4.69) is 17.2 Å². The molecule has 0 aliphatic heterocycles. The van der Waals surface area contributed by atoms with Gasteiger partial charge in [-0.15, -0.1) is 11.3 Å². The molecule has 1 N–H and O–H groups in total. The lowest BCUT2D eigenvalue weighted by molar-refractivity contribution is 0.102. The minimum atomic E-state index is -0.234. The summed E-state index contributed by atoms with van der Waals surface area (Å²) < 4.78 is 5.26. The maximum absolute atomic E-state index is 12.6. The monoisotopic (exact) mass is 386 g/mol. The Morgan fingerprint density at radius 1 is 1.19 bits per heavy atom. The fourth-order valence-electron chi connectivity index (χ4n) is 2.63. The smallest absolute Gasteiger partial charge is 0.261 e. The van der Waals surface area contributed by atoms with Crippen LogP contribution in [0.2, 0.25) is 5.02 Å². The molecule has 3 rings (SSSR count). The van der Waals surface area contributed by atoms with Crippen molar-refractivity contribution in [3.8, 4) is 17.0 Å². The molecule has 0 aliphatic carbocycles. The lowest BCUT2D eigenvalue weighted by atomic mass is 10.1. The molecule has 1 amide bonds. The highest BCUT2D eigenvalue weighted by Gasteiger charge is 2.17. The topological polar surface area (TPSA) is 51.2 Å². The predicted molar refractivity (Wildman–Crippen MR) is 108 cm³/mol. The Kier molecular flexibility index (Phi) is 5.91. The molecule has 1 aromatic heterocycles. The second kappa shape index (κ2) is 8.34. The number of para-hydroxylation sites is 1. The summed E-state index contributed by atoms with van der Waals surface area (Å²) in [6.45, 7) is 2.12. The molecule has 134 valence electrons. The number of nitrogens with zero attached hydrogens (tertiary/aromatic N) is 1. The number of halogens is 1. The van der Waals surface area contributed by atoms with Crippen molar-refractivity contribution in [1.29, 1.82) is 0 Å². The molecule has 3 aromatic rings. The fourth-order valence-corrected chi connectivity index (χ4v) is 3.84. The first-order chi connectivity index (χ1) is 12.6. The summed E-state index contributed by atoms with van der Waals surface area (Å²) in [7, 11) is 1.55. The van der Waals surface area contributed by atoms with Gasteiger partial charge < -0.3 is 4.74 Å². The highest BCUT2D eigenvalue weighted by Crippen LogP contribution is 2.33. The number of amides is 1. The summed E-state index contributed by atoms with van der Waals surface area (Å²) in [5, 5.41) is 4.16. The minimum absolute atomic E-state index is 0.234. The van der Waals surface area contributed by atoms with Crippen LogP contribution in [0.1, 0.15) is 28.6 Å². The first-order valence-electron chi connectivity index (χ1n) is 8.32. The van der Waals surface area contributed by atoms with E-state index in [9.17, 15) is 4.79 Å². The van der Waals surface area contributed by atoms with Crippen LogP contribution in [0.3, 0.4) is 0 Å². The molecule has 0 aliphatic rings. The molecule has 0 unspecified atom stereocenters. The second-order valence-electron chi connectivity index (χ2n) is 5.70. The molecule has 0 spiro atoms. The van der Waals surface area contributed by atoms with Gasteiger partial charge in [0.1, 0.15) is 5.75 Å². The van der Waals surface area contributed by atoms with Gasteiger partial charge in [-0.05, 0) is 30.7 Å². The van der Waals surface area contributed by atoms with Crippen molar-refractivity contribution in [2.24, 2.45) is 0 Å². The van der Waals surface area contributed by atoms with Crippen molar-refractivity contribution in [1.82, 2.24) is 4.98 Å². The Labute approximate surface area is 161 Å². The maximum Gasteiger partial charge on any atom is 0.261 e. The zero-order valence-corrected chi connectivity index (χ0v) is 16.2. The molecule has 1 heterocycles. The number of nitrogens with one attached hydrogen (secondary N) is 1. The highest BCUT2D eigenvalue weighted by molar-refractivity contribution is 7.16. The first-order valence-corrected chi connectivity index (χ1v) is 9.51. The third kappa shape index (κ3) is 4.06. The van der Waals surface area contributed by atoms with E-state index in [1.807, 2.05) is 30.3 Å². The molecule has 0 saturated carbocycles. The van der Waals surface area contributed by atoms with Gasteiger partial charge in [0.2, 0.25) is 0 Å². The third-order valence-electron chi connectivity index (χ3n) is 3.86. The van der Waals surface area contributed by atoms with Crippen LogP contribution in [0.15, 0.2) is 48.5 Å². The zero-order valence-electron chi connectivity index (χ0n) is 14.6. The molecular weight excluding hydrogens is 368 g/mol. The van der Waals surface area contributed by atoms with E-state index in [0.717, 1.165) is 29.0 Å². The van der Waals surface area contributed by atoms with Crippen LogP contribution >= 0.6 is 22.9 Å². The third-order valence-corrected chi connectivity index (χ3v) is 5.15. The summed E-state index contributed by atoms with van der Waals surface area (Å²) in [4.78, 5) is 18.4. The van der Waals surface area contributed by atoms with Crippen molar-refractivity contribution in [3.63, 3.8) is 0 Å². The van der Waals surface area contributed by atoms with Crippen LogP contribution in [0.5, 0.6) is 5.75 Å². The van der Waals surface area contributed by atoms with Gasteiger partial charge in [-0.1, -0.05) is 49.2 Å². The van der Waals surface area contributed by atoms with Gasteiger partial charge in [0, 0.05) is 15.5 Å². The molecular formula is C20H19ClN2O2S. The van der Waals surface area contributed by atoms with Crippen LogP contribution in [0.4, 0.5) is 5.13 Å². The van der Waals surface area contributed by atoms with E-state index in [4.69, 9.17) is 16.3 Å². The van der Waals surface area contributed by atoms with E-state index < -0.39 is 0 Å². The summed E-state index contributed by atoms with van der Waals surface area (Å²) >= 11 is 7.49. The van der Waals surface area contributed by atoms with E-state index in [1.165, 1.54) is 11.3 Å². The van der Waals surface area contributed by atoms with Crippen molar-refractivity contribution < 1.29 is 9.53 Å². The average molecular weight is 387 g/mol. The zero-order chi connectivity index (χ0) is 18.5. The SMILES string of the molecule is CCCc1sc(NC(=O)c2ccccc2OC)nc1-c1ccc(Cl)cc1. The maximum atomic E-state index is 12.6. The van der Waals surface area contributed by atoms with Gasteiger partial charge in [0.25, 0.3) is 5.91 Å². The standard InChI is InChI=1S/C20H19ClN2O2S/c1-3-6-17-18(13-9-11-14(21)12-10-13)22-20(26-17)23-19(24)15-7-4-5-8-16(15)25-2/h4-5,7-12H,3,6H2,1-2H3,(H,22,23,24). The molecule has 2 aromatic carbocycles. The van der Waals surface area contributed by atoms with Crippen molar-refractivity contribution >= 4 is 34.0 Å². The Bertz CT molecular complexity index is 906. The number of ether oxygens (including phenoxy) is 1. The summed E-state index contributed by atoms with van der Waals surface area (Å²) in [5.41, 5.74) is 2.37. The normalized spacial score (nSPS) is 10.6. The summed E-state index contributed by atoms with van der Waals surface area (Å²) in [6.07, 6.45) is 1.91. The van der Waals surface area contributed by atoms with Gasteiger partial charge in [0.15, 0.2) is 5.13 Å². The number of aryl methyl sites for hydroxylation is 1. The number of methoxy groups -OCH3 is 1. The number of carbonyl (C=O) groups excluding carboxylic acids is 1. The Morgan fingerprint density at radius 2 is 1.92 bits per heavy atom. The Hall–Kier alpha value is -2.37. The van der Waals surface area contributed by atoms with Crippen molar-refractivity contribution in [3.05, 3.63) is 64.0 Å². The molecule has 4 nitrogen and oxygen atoms in total. The fraction of sp³-hybridized carbons (Fsp3) is 0.200. The first kappa shape index (κ1) is 18.4. The number of hydrogen-bond acceptors (Lipinski definition) is 4. The van der Waals surface area contributed by atoms with E-state index in [1.54, 1.807) is 25.3 Å². The Balaban J connectivity index is 1.90. The van der Waals surface area contributed by atoms with Crippen molar-refractivity contribution in [2.75, 3.05) is 12.4 Å². The lowest BCUT2D eigenvalue weighted by Gasteiger charge is -2.07. The summed E-state index contributed by atoms with van der Waals surface area (Å²) in [6, 6.07) is 14.7. The molecule has 0 saturated heterocycles. The number of aromatic nitrogens is 1. The molecule has 0 radical (unpaired) electrons. The minimum Gasteiger partial charge on any atom is -0.496 e. The number of carbonyl (C=O) groups is 1. The average Bonchev–Trinajstić information content (AvgIpc) is 3.05. The molecule has 0 fully saturated rings.